The van der Waals surface area contributed by atoms with Crippen LogP contribution < -0.4 is 5.32 Å². The predicted molar refractivity (Wildman–Crippen MR) is 84.2 cm³/mol. The highest BCUT2D eigenvalue weighted by Crippen LogP contribution is 2.43. The highest BCUT2D eigenvalue weighted by atomic mass is 16.5. The quantitative estimate of drug-likeness (QED) is 0.901. The van der Waals surface area contributed by atoms with Gasteiger partial charge >= 0.3 is 0 Å². The van der Waals surface area contributed by atoms with E-state index in [1.54, 1.807) is 0 Å². The Bertz CT molecular complexity index is 635. The van der Waals surface area contributed by atoms with E-state index in [-0.39, 0.29) is 5.41 Å². The Kier molecular flexibility index (Phi) is 3.44. The number of hydrogen-bond acceptors (Lipinski definition) is 4. The normalized spacial score (nSPS) is 28.7. The van der Waals surface area contributed by atoms with Crippen molar-refractivity contribution in [1.82, 2.24) is 5.16 Å². The van der Waals surface area contributed by atoms with Crippen LogP contribution in [-0.2, 0) is 0 Å². The molecule has 1 fully saturated rings. The van der Waals surface area contributed by atoms with Gasteiger partial charge < -0.3 is 14.9 Å². The van der Waals surface area contributed by atoms with Gasteiger partial charge in [-0.15, -0.1) is 0 Å². The standard InChI is InChI=1S/C17H24N2O2/c1-12-8-16(2,3)10-17(20,9-12)11-18-15-13-6-4-5-7-14(13)21-19-15/h4-7,12,20H,8-11H2,1-3H3,(H,18,19). The average molecular weight is 288 g/mol. The predicted octanol–water partition coefficient (Wildman–Crippen LogP) is 3.82. The Labute approximate surface area is 125 Å². The van der Waals surface area contributed by atoms with Crippen LogP contribution in [0.5, 0.6) is 0 Å². The summed E-state index contributed by atoms with van der Waals surface area (Å²) < 4.78 is 5.29. The van der Waals surface area contributed by atoms with Gasteiger partial charge in [0.25, 0.3) is 0 Å². The van der Waals surface area contributed by atoms with E-state index >= 15 is 0 Å². The lowest BCUT2D eigenvalue weighted by atomic mass is 9.66. The molecule has 2 atom stereocenters. The van der Waals surface area contributed by atoms with Gasteiger partial charge in [0, 0.05) is 6.54 Å². The van der Waals surface area contributed by atoms with Crippen molar-refractivity contribution in [3.8, 4) is 0 Å². The summed E-state index contributed by atoms with van der Waals surface area (Å²) >= 11 is 0. The molecule has 2 N–H and O–H groups in total. The van der Waals surface area contributed by atoms with Crippen LogP contribution in [-0.4, -0.2) is 22.4 Å². The van der Waals surface area contributed by atoms with Crippen molar-refractivity contribution >= 4 is 16.8 Å². The maximum Gasteiger partial charge on any atom is 0.177 e. The van der Waals surface area contributed by atoms with Crippen molar-refractivity contribution in [3.05, 3.63) is 24.3 Å². The highest BCUT2D eigenvalue weighted by molar-refractivity contribution is 5.87. The largest absolute Gasteiger partial charge is 0.388 e. The van der Waals surface area contributed by atoms with Gasteiger partial charge in [-0.1, -0.05) is 38.1 Å². The van der Waals surface area contributed by atoms with Crippen LogP contribution in [0.1, 0.15) is 40.0 Å². The Balaban J connectivity index is 1.74. The van der Waals surface area contributed by atoms with Crippen LogP contribution in [0.3, 0.4) is 0 Å². The van der Waals surface area contributed by atoms with E-state index in [9.17, 15) is 5.11 Å². The van der Waals surface area contributed by atoms with Crippen molar-refractivity contribution in [2.45, 2.75) is 45.6 Å². The van der Waals surface area contributed by atoms with Crippen LogP contribution in [0, 0.1) is 11.3 Å². The molecular formula is C17H24N2O2. The lowest BCUT2D eigenvalue weighted by Crippen LogP contribution is -2.46. The number of nitrogens with one attached hydrogen (secondary N) is 1. The number of hydrogen-bond donors (Lipinski definition) is 2. The number of aromatic nitrogens is 1. The Morgan fingerprint density at radius 3 is 2.86 bits per heavy atom. The molecular weight excluding hydrogens is 264 g/mol. The summed E-state index contributed by atoms with van der Waals surface area (Å²) in [6.45, 7) is 7.20. The summed E-state index contributed by atoms with van der Waals surface area (Å²) in [7, 11) is 0. The van der Waals surface area contributed by atoms with E-state index in [0.29, 0.717) is 12.5 Å². The van der Waals surface area contributed by atoms with Gasteiger partial charge in [-0.2, -0.15) is 0 Å². The molecule has 1 aliphatic rings. The van der Waals surface area contributed by atoms with Gasteiger partial charge in [0.1, 0.15) is 0 Å². The molecule has 4 nitrogen and oxygen atoms in total. The second-order valence-corrected chi connectivity index (χ2v) is 7.46. The number of aliphatic hydroxyl groups is 1. The zero-order valence-corrected chi connectivity index (χ0v) is 13.0. The van der Waals surface area contributed by atoms with Crippen LogP contribution >= 0.6 is 0 Å². The van der Waals surface area contributed by atoms with Crippen molar-refractivity contribution in [3.63, 3.8) is 0 Å². The Morgan fingerprint density at radius 1 is 1.33 bits per heavy atom. The van der Waals surface area contributed by atoms with Gasteiger partial charge in [-0.05, 0) is 42.7 Å². The third-order valence-electron chi connectivity index (χ3n) is 4.40. The molecule has 114 valence electrons. The molecule has 21 heavy (non-hydrogen) atoms. The first kappa shape index (κ1) is 14.4. The summed E-state index contributed by atoms with van der Waals surface area (Å²) in [5.41, 5.74) is 0.269. The molecule has 1 aromatic carbocycles. The van der Waals surface area contributed by atoms with Gasteiger partial charge in [0.2, 0.25) is 0 Å². The molecule has 0 radical (unpaired) electrons. The summed E-state index contributed by atoms with van der Waals surface area (Å²) in [6.07, 6.45) is 2.81. The summed E-state index contributed by atoms with van der Waals surface area (Å²) in [4.78, 5) is 0. The molecule has 0 bridgehead atoms. The maximum absolute atomic E-state index is 10.9. The first-order valence-electron chi connectivity index (χ1n) is 7.68. The van der Waals surface area contributed by atoms with Gasteiger partial charge in [0.15, 0.2) is 11.4 Å². The smallest absolute Gasteiger partial charge is 0.177 e. The lowest BCUT2D eigenvalue weighted by molar-refractivity contribution is -0.0478. The van der Waals surface area contributed by atoms with Gasteiger partial charge in [-0.3, -0.25) is 0 Å². The number of rotatable bonds is 3. The fourth-order valence-corrected chi connectivity index (χ4v) is 4.10. The van der Waals surface area contributed by atoms with Gasteiger partial charge in [0.05, 0.1) is 11.0 Å². The Morgan fingerprint density at radius 2 is 2.10 bits per heavy atom. The third-order valence-corrected chi connectivity index (χ3v) is 4.40. The molecule has 0 aliphatic heterocycles. The van der Waals surface area contributed by atoms with Crippen molar-refractivity contribution in [2.75, 3.05) is 11.9 Å². The number of nitrogens with zero attached hydrogens (tertiary/aromatic N) is 1. The third kappa shape index (κ3) is 3.05. The highest BCUT2D eigenvalue weighted by Gasteiger charge is 2.41. The molecule has 1 saturated carbocycles. The zero-order valence-electron chi connectivity index (χ0n) is 13.0. The molecule has 0 amide bonds. The van der Waals surface area contributed by atoms with Crippen LogP contribution in [0.4, 0.5) is 5.82 Å². The second-order valence-electron chi connectivity index (χ2n) is 7.46. The fraction of sp³-hybridized carbons (Fsp3) is 0.588. The Hall–Kier alpha value is -1.55. The summed E-state index contributed by atoms with van der Waals surface area (Å²) in [5, 5.41) is 19.2. The average Bonchev–Trinajstić information content (AvgIpc) is 2.77. The SMILES string of the molecule is CC1CC(C)(C)CC(O)(CNc2noc3ccccc23)C1. The molecule has 1 aromatic heterocycles. The topological polar surface area (TPSA) is 58.3 Å². The monoisotopic (exact) mass is 288 g/mol. The van der Waals surface area contributed by atoms with E-state index in [0.717, 1.165) is 29.6 Å². The summed E-state index contributed by atoms with van der Waals surface area (Å²) in [5.74, 6) is 1.25. The number of fused-ring (bicyclic) bond motifs is 1. The van der Waals surface area contributed by atoms with E-state index in [4.69, 9.17) is 4.52 Å². The van der Waals surface area contributed by atoms with E-state index in [2.05, 4.69) is 31.2 Å². The van der Waals surface area contributed by atoms with Crippen molar-refractivity contribution in [1.29, 1.82) is 0 Å². The van der Waals surface area contributed by atoms with Crippen molar-refractivity contribution < 1.29 is 9.63 Å². The minimum Gasteiger partial charge on any atom is -0.388 e. The molecule has 3 rings (SSSR count). The first-order valence-corrected chi connectivity index (χ1v) is 7.68. The minimum absolute atomic E-state index is 0.181. The fourth-order valence-electron chi connectivity index (χ4n) is 4.10. The first-order chi connectivity index (χ1) is 9.87. The maximum atomic E-state index is 10.9. The van der Waals surface area contributed by atoms with Crippen molar-refractivity contribution in [2.24, 2.45) is 11.3 Å². The number of benzene rings is 1. The lowest BCUT2D eigenvalue weighted by Gasteiger charge is -2.44. The van der Waals surface area contributed by atoms with E-state index < -0.39 is 5.60 Å². The van der Waals surface area contributed by atoms with Crippen LogP contribution in [0.25, 0.3) is 11.0 Å². The summed E-state index contributed by atoms with van der Waals surface area (Å²) in [6, 6.07) is 7.76. The molecule has 0 spiro atoms. The number of para-hydroxylation sites is 1. The molecule has 0 saturated heterocycles. The molecule has 4 heteroatoms. The molecule has 1 aliphatic carbocycles. The van der Waals surface area contributed by atoms with Gasteiger partial charge in [-0.25, -0.2) is 0 Å². The van der Waals surface area contributed by atoms with E-state index in [1.165, 1.54) is 6.42 Å². The molecule has 2 aromatic rings. The minimum atomic E-state index is -0.679. The van der Waals surface area contributed by atoms with E-state index in [1.807, 2.05) is 24.3 Å². The molecule has 1 heterocycles. The zero-order chi connectivity index (χ0) is 15.1. The second kappa shape index (κ2) is 5.02. The molecule has 2 unspecified atom stereocenters. The number of anilines is 1. The van der Waals surface area contributed by atoms with Crippen LogP contribution in [0.15, 0.2) is 28.8 Å². The van der Waals surface area contributed by atoms with Crippen LogP contribution in [0.2, 0.25) is 0 Å².